The maximum atomic E-state index is 13.2. The SMILES string of the molecule is CCNC(CCN(CC)c1cccc(F)c1)C(N)=O. The maximum absolute atomic E-state index is 13.2. The fourth-order valence-corrected chi connectivity index (χ4v) is 2.02. The van der Waals surface area contributed by atoms with Crippen molar-refractivity contribution < 1.29 is 9.18 Å². The van der Waals surface area contributed by atoms with E-state index in [1.54, 1.807) is 6.07 Å². The molecule has 0 saturated carbocycles. The standard InChI is InChI=1S/C14H22FN3O/c1-3-17-13(14(16)19)8-9-18(4-2)12-7-5-6-11(15)10-12/h5-7,10,13,17H,3-4,8-9H2,1-2H3,(H2,16,19). The van der Waals surface area contributed by atoms with Gasteiger partial charge in [0.25, 0.3) is 0 Å². The zero-order chi connectivity index (χ0) is 14.3. The Bertz CT molecular complexity index is 411. The molecular weight excluding hydrogens is 245 g/mol. The van der Waals surface area contributed by atoms with E-state index in [-0.39, 0.29) is 17.8 Å². The number of hydrogen-bond acceptors (Lipinski definition) is 3. The third kappa shape index (κ3) is 4.87. The van der Waals surface area contributed by atoms with Crippen molar-refractivity contribution in [2.45, 2.75) is 26.3 Å². The molecule has 1 aromatic rings. The van der Waals surface area contributed by atoms with Crippen molar-refractivity contribution in [2.24, 2.45) is 5.73 Å². The van der Waals surface area contributed by atoms with Crippen LogP contribution < -0.4 is 16.0 Å². The second kappa shape index (κ2) is 7.74. The number of nitrogens with one attached hydrogen (secondary N) is 1. The van der Waals surface area contributed by atoms with E-state index in [0.29, 0.717) is 19.5 Å². The number of nitrogens with zero attached hydrogens (tertiary/aromatic N) is 1. The summed E-state index contributed by atoms with van der Waals surface area (Å²) >= 11 is 0. The number of rotatable bonds is 8. The fraction of sp³-hybridized carbons (Fsp3) is 0.500. The summed E-state index contributed by atoms with van der Waals surface area (Å²) in [6.45, 7) is 6.03. The third-order valence-corrected chi connectivity index (χ3v) is 3.04. The topological polar surface area (TPSA) is 58.4 Å². The molecular formula is C14H22FN3O. The Morgan fingerprint density at radius 1 is 1.47 bits per heavy atom. The van der Waals surface area contributed by atoms with E-state index in [9.17, 15) is 9.18 Å². The number of amides is 1. The fourth-order valence-electron chi connectivity index (χ4n) is 2.02. The van der Waals surface area contributed by atoms with Crippen LogP contribution >= 0.6 is 0 Å². The highest BCUT2D eigenvalue weighted by atomic mass is 19.1. The van der Waals surface area contributed by atoms with Crippen molar-refractivity contribution in [1.82, 2.24) is 5.32 Å². The summed E-state index contributed by atoms with van der Waals surface area (Å²) in [6.07, 6.45) is 0.605. The van der Waals surface area contributed by atoms with Gasteiger partial charge in [0.15, 0.2) is 0 Å². The van der Waals surface area contributed by atoms with Gasteiger partial charge in [-0.3, -0.25) is 4.79 Å². The van der Waals surface area contributed by atoms with Gasteiger partial charge >= 0.3 is 0 Å². The van der Waals surface area contributed by atoms with E-state index in [1.807, 2.05) is 24.8 Å². The molecule has 0 fully saturated rings. The zero-order valence-electron chi connectivity index (χ0n) is 11.5. The van der Waals surface area contributed by atoms with Crippen LogP contribution in [0.2, 0.25) is 0 Å². The van der Waals surface area contributed by atoms with Crippen molar-refractivity contribution >= 4 is 11.6 Å². The van der Waals surface area contributed by atoms with Gasteiger partial charge in [-0.15, -0.1) is 0 Å². The average molecular weight is 267 g/mol. The minimum atomic E-state index is -0.350. The van der Waals surface area contributed by atoms with Gasteiger partial charge in [-0.2, -0.15) is 0 Å². The van der Waals surface area contributed by atoms with Gasteiger partial charge in [0.2, 0.25) is 5.91 Å². The second-order valence-electron chi connectivity index (χ2n) is 4.36. The lowest BCUT2D eigenvalue weighted by molar-refractivity contribution is -0.120. The molecule has 0 aliphatic carbocycles. The summed E-state index contributed by atoms with van der Waals surface area (Å²) in [5.74, 6) is -0.605. The molecule has 1 rings (SSSR count). The van der Waals surface area contributed by atoms with Crippen LogP contribution in [0.5, 0.6) is 0 Å². The average Bonchev–Trinajstić information content (AvgIpc) is 2.38. The number of nitrogens with two attached hydrogens (primary N) is 1. The Balaban J connectivity index is 2.64. The lowest BCUT2D eigenvalue weighted by Gasteiger charge is -2.25. The number of primary amides is 1. The molecule has 0 aliphatic heterocycles. The van der Waals surface area contributed by atoms with Crippen LogP contribution in [0.3, 0.4) is 0 Å². The minimum Gasteiger partial charge on any atom is -0.372 e. The minimum absolute atomic E-state index is 0.255. The summed E-state index contributed by atoms with van der Waals surface area (Å²) in [4.78, 5) is 13.3. The van der Waals surface area contributed by atoms with Gasteiger partial charge in [0, 0.05) is 18.8 Å². The van der Waals surface area contributed by atoms with E-state index in [1.165, 1.54) is 12.1 Å². The van der Waals surface area contributed by atoms with Crippen LogP contribution in [0.4, 0.5) is 10.1 Å². The Hall–Kier alpha value is -1.62. The number of halogens is 1. The van der Waals surface area contributed by atoms with E-state index in [2.05, 4.69) is 5.32 Å². The summed E-state index contributed by atoms with van der Waals surface area (Å²) in [6, 6.07) is 6.12. The molecule has 1 unspecified atom stereocenters. The Kier molecular flexibility index (Phi) is 6.29. The third-order valence-electron chi connectivity index (χ3n) is 3.04. The number of benzene rings is 1. The summed E-state index contributed by atoms with van der Waals surface area (Å²) in [7, 11) is 0. The first-order valence-corrected chi connectivity index (χ1v) is 6.61. The van der Waals surface area contributed by atoms with E-state index in [4.69, 9.17) is 5.73 Å². The second-order valence-corrected chi connectivity index (χ2v) is 4.36. The van der Waals surface area contributed by atoms with Gasteiger partial charge in [-0.25, -0.2) is 4.39 Å². The van der Waals surface area contributed by atoms with Gasteiger partial charge in [-0.1, -0.05) is 13.0 Å². The smallest absolute Gasteiger partial charge is 0.234 e. The molecule has 0 aliphatic rings. The highest BCUT2D eigenvalue weighted by Crippen LogP contribution is 2.15. The molecule has 0 saturated heterocycles. The molecule has 0 bridgehead atoms. The van der Waals surface area contributed by atoms with Crippen LogP contribution in [0.1, 0.15) is 20.3 Å². The zero-order valence-corrected chi connectivity index (χ0v) is 11.5. The first-order valence-electron chi connectivity index (χ1n) is 6.61. The van der Waals surface area contributed by atoms with Crippen molar-refractivity contribution in [2.75, 3.05) is 24.5 Å². The molecule has 0 heterocycles. The van der Waals surface area contributed by atoms with Crippen molar-refractivity contribution in [3.05, 3.63) is 30.1 Å². The van der Waals surface area contributed by atoms with Crippen LogP contribution in [0, 0.1) is 5.82 Å². The van der Waals surface area contributed by atoms with E-state index >= 15 is 0 Å². The number of likely N-dealkylation sites (N-methyl/N-ethyl adjacent to an activating group) is 1. The number of carbonyl (C=O) groups is 1. The lowest BCUT2D eigenvalue weighted by Crippen LogP contribution is -2.43. The summed E-state index contributed by atoms with van der Waals surface area (Å²) in [5.41, 5.74) is 6.15. The summed E-state index contributed by atoms with van der Waals surface area (Å²) in [5, 5.41) is 3.05. The van der Waals surface area contributed by atoms with E-state index < -0.39 is 0 Å². The molecule has 19 heavy (non-hydrogen) atoms. The first kappa shape index (κ1) is 15.4. The molecule has 0 aromatic heterocycles. The monoisotopic (exact) mass is 267 g/mol. The molecule has 1 amide bonds. The lowest BCUT2D eigenvalue weighted by atomic mass is 10.1. The number of anilines is 1. The first-order chi connectivity index (χ1) is 9.08. The van der Waals surface area contributed by atoms with Crippen LogP contribution in [-0.4, -0.2) is 31.6 Å². The van der Waals surface area contributed by atoms with Crippen molar-refractivity contribution in [3.63, 3.8) is 0 Å². The Morgan fingerprint density at radius 3 is 2.74 bits per heavy atom. The summed E-state index contributed by atoms with van der Waals surface area (Å²) < 4.78 is 13.2. The quantitative estimate of drug-likeness (QED) is 0.750. The van der Waals surface area contributed by atoms with Gasteiger partial charge in [-0.05, 0) is 38.1 Å². The Morgan fingerprint density at radius 2 is 2.21 bits per heavy atom. The van der Waals surface area contributed by atoms with Gasteiger partial charge in [0.1, 0.15) is 5.82 Å². The Labute approximate surface area is 113 Å². The molecule has 106 valence electrons. The molecule has 3 N–H and O–H groups in total. The normalized spacial score (nSPS) is 12.2. The van der Waals surface area contributed by atoms with Gasteiger partial charge < -0.3 is 16.0 Å². The highest BCUT2D eigenvalue weighted by molar-refractivity contribution is 5.79. The van der Waals surface area contributed by atoms with Crippen LogP contribution in [-0.2, 0) is 4.79 Å². The largest absolute Gasteiger partial charge is 0.372 e. The highest BCUT2D eigenvalue weighted by Gasteiger charge is 2.15. The molecule has 5 heteroatoms. The number of carbonyl (C=O) groups excluding carboxylic acids is 1. The molecule has 0 radical (unpaired) electrons. The van der Waals surface area contributed by atoms with Crippen LogP contribution in [0.15, 0.2) is 24.3 Å². The number of hydrogen-bond donors (Lipinski definition) is 2. The molecule has 4 nitrogen and oxygen atoms in total. The molecule has 1 aromatic carbocycles. The molecule has 0 spiro atoms. The maximum Gasteiger partial charge on any atom is 0.234 e. The molecule has 1 atom stereocenters. The van der Waals surface area contributed by atoms with Crippen LogP contribution in [0.25, 0.3) is 0 Å². The predicted molar refractivity (Wildman–Crippen MR) is 75.6 cm³/mol. The van der Waals surface area contributed by atoms with E-state index in [0.717, 1.165) is 12.2 Å². The predicted octanol–water partition coefficient (Wildman–Crippen LogP) is 1.51. The van der Waals surface area contributed by atoms with Crippen molar-refractivity contribution in [1.29, 1.82) is 0 Å². The van der Waals surface area contributed by atoms with Crippen molar-refractivity contribution in [3.8, 4) is 0 Å². The van der Waals surface area contributed by atoms with Gasteiger partial charge in [0.05, 0.1) is 6.04 Å².